The number of piperidine rings is 1. The first kappa shape index (κ1) is 49.1. The van der Waals surface area contributed by atoms with Gasteiger partial charge in [0, 0.05) is 38.8 Å². The van der Waals surface area contributed by atoms with Crippen molar-refractivity contribution >= 4 is 41.2 Å². The van der Waals surface area contributed by atoms with Gasteiger partial charge in [-0.1, -0.05) is 84.7 Å². The standard InChI is InChI=1S/C44H72ClN5O8/c1-15-26(6)38(49(12)42(54)37(25(4)5)48-41(53)36(46-11)24(2)3)34(56-13)23-35(51)50-32-21-29(32)22-33(50)39(57-14)27(7)40(52)47-31(43(55)58-44(8,9)10)20-28-18-16-17-19-30(28)45/h16-19,24-27,29,31-34,36-39,46H,15,20-23H2,1-14H3,(H,47,52)(H,48,53)/t26?,27?,29-,31?,32-,33-,34?,36?,37?,38?,39?/m0/s1. The zero-order chi connectivity index (χ0) is 43.8. The second kappa shape index (κ2) is 21.3. The lowest BCUT2D eigenvalue weighted by Gasteiger charge is -2.41. The van der Waals surface area contributed by atoms with E-state index >= 15 is 0 Å². The van der Waals surface area contributed by atoms with E-state index in [0.29, 0.717) is 17.0 Å². The van der Waals surface area contributed by atoms with E-state index in [1.807, 2.05) is 58.6 Å². The van der Waals surface area contributed by atoms with Crippen molar-refractivity contribution < 1.29 is 38.2 Å². The van der Waals surface area contributed by atoms with E-state index < -0.39 is 65.8 Å². The van der Waals surface area contributed by atoms with Gasteiger partial charge in [-0.15, -0.1) is 0 Å². The Morgan fingerprint density at radius 2 is 1.53 bits per heavy atom. The van der Waals surface area contributed by atoms with Crippen LogP contribution in [-0.4, -0.2) is 122 Å². The van der Waals surface area contributed by atoms with Crippen LogP contribution in [0.4, 0.5) is 0 Å². The number of carbonyl (C=O) groups excluding carboxylic acids is 5. The highest BCUT2D eigenvalue weighted by Gasteiger charge is 2.57. The quantitative estimate of drug-likeness (QED) is 0.145. The highest BCUT2D eigenvalue weighted by Crippen LogP contribution is 2.50. The van der Waals surface area contributed by atoms with Gasteiger partial charge >= 0.3 is 5.97 Å². The van der Waals surface area contributed by atoms with E-state index in [4.69, 9.17) is 25.8 Å². The fourth-order valence-electron chi connectivity index (χ4n) is 8.50. The van der Waals surface area contributed by atoms with E-state index in [1.165, 1.54) is 7.11 Å². The lowest BCUT2D eigenvalue weighted by atomic mass is 9.89. The maximum Gasteiger partial charge on any atom is 0.329 e. The molecule has 1 heterocycles. The van der Waals surface area contributed by atoms with E-state index in [9.17, 15) is 24.0 Å². The summed E-state index contributed by atoms with van der Waals surface area (Å²) >= 11 is 6.45. The second-order valence-electron chi connectivity index (χ2n) is 18.1. The van der Waals surface area contributed by atoms with Crippen LogP contribution >= 0.6 is 11.6 Å². The number of nitrogens with zero attached hydrogens (tertiary/aromatic N) is 2. The van der Waals surface area contributed by atoms with Crippen molar-refractivity contribution in [2.24, 2.45) is 29.6 Å². The number of likely N-dealkylation sites (N-methyl/N-ethyl adjacent to an activating group) is 2. The molecule has 3 N–H and O–H groups in total. The summed E-state index contributed by atoms with van der Waals surface area (Å²) < 4.78 is 17.8. The van der Waals surface area contributed by atoms with Crippen molar-refractivity contribution in [3.8, 4) is 0 Å². The number of likely N-dealkylation sites (tertiary alicyclic amines) is 1. The van der Waals surface area contributed by atoms with Crippen LogP contribution < -0.4 is 16.0 Å². The summed E-state index contributed by atoms with van der Waals surface area (Å²) in [4.78, 5) is 73.0. The summed E-state index contributed by atoms with van der Waals surface area (Å²) in [5, 5.41) is 9.44. The second-order valence-corrected chi connectivity index (χ2v) is 18.5. The zero-order valence-electron chi connectivity index (χ0n) is 37.4. The number of esters is 1. The van der Waals surface area contributed by atoms with Gasteiger partial charge in [-0.25, -0.2) is 4.79 Å². The Labute approximate surface area is 352 Å². The first-order valence-corrected chi connectivity index (χ1v) is 21.4. The first-order chi connectivity index (χ1) is 27.1. The Morgan fingerprint density at radius 1 is 0.914 bits per heavy atom. The normalized spacial score (nSPS) is 21.9. The van der Waals surface area contributed by atoms with Gasteiger partial charge in [0.2, 0.25) is 23.6 Å². The van der Waals surface area contributed by atoms with E-state index in [1.54, 1.807) is 65.9 Å². The molecular formula is C44H72ClN5O8. The van der Waals surface area contributed by atoms with Crippen molar-refractivity contribution in [3.05, 3.63) is 34.9 Å². The molecular weight excluding hydrogens is 762 g/mol. The number of ether oxygens (including phenoxy) is 3. The number of rotatable bonds is 21. The molecule has 0 bridgehead atoms. The molecule has 1 aliphatic heterocycles. The van der Waals surface area contributed by atoms with Gasteiger partial charge < -0.3 is 40.0 Å². The number of hydrogen-bond donors (Lipinski definition) is 3. The highest BCUT2D eigenvalue weighted by atomic mass is 35.5. The largest absolute Gasteiger partial charge is 0.458 e. The number of amides is 4. The highest BCUT2D eigenvalue weighted by molar-refractivity contribution is 6.31. The monoisotopic (exact) mass is 834 g/mol. The Morgan fingerprint density at radius 3 is 2.05 bits per heavy atom. The Bertz CT molecular complexity index is 1570. The molecule has 1 aliphatic carbocycles. The fraction of sp³-hybridized carbons (Fsp3) is 0.750. The number of hydrogen-bond acceptors (Lipinski definition) is 9. The molecule has 4 amide bonds. The van der Waals surface area contributed by atoms with Gasteiger partial charge in [0.15, 0.2) is 0 Å². The van der Waals surface area contributed by atoms with Gasteiger partial charge in [-0.05, 0) is 76.0 Å². The molecule has 328 valence electrons. The number of carbonyl (C=O) groups is 5. The maximum absolute atomic E-state index is 14.5. The minimum Gasteiger partial charge on any atom is -0.458 e. The molecule has 2 aliphatic rings. The molecule has 3 rings (SSSR count). The Kier molecular flexibility index (Phi) is 18.0. The minimum atomic E-state index is -1.01. The van der Waals surface area contributed by atoms with Crippen LogP contribution in [0.5, 0.6) is 0 Å². The lowest BCUT2D eigenvalue weighted by Crippen LogP contribution is -2.59. The van der Waals surface area contributed by atoms with Crippen LogP contribution in [0.1, 0.15) is 100 Å². The van der Waals surface area contributed by atoms with Crippen LogP contribution in [0.2, 0.25) is 5.02 Å². The van der Waals surface area contributed by atoms with E-state index in [-0.39, 0.29) is 60.3 Å². The molecule has 8 unspecified atom stereocenters. The van der Waals surface area contributed by atoms with Gasteiger partial charge in [0.1, 0.15) is 17.7 Å². The van der Waals surface area contributed by atoms with Crippen LogP contribution in [0.15, 0.2) is 24.3 Å². The molecule has 1 aromatic rings. The van der Waals surface area contributed by atoms with Crippen LogP contribution in [0.25, 0.3) is 0 Å². The first-order valence-electron chi connectivity index (χ1n) is 21.0. The molecule has 0 spiro atoms. The average molecular weight is 835 g/mol. The summed E-state index contributed by atoms with van der Waals surface area (Å²) in [7, 11) is 6.55. The van der Waals surface area contributed by atoms with Crippen molar-refractivity contribution in [2.45, 2.75) is 155 Å². The summed E-state index contributed by atoms with van der Waals surface area (Å²) in [6.07, 6.45) is 1.07. The SMILES string of the molecule is CCC(C)C(C(CC(=O)N1[C@H](C(OC)C(C)C(=O)NC(Cc2ccccc2Cl)C(=O)OC(C)(C)C)C[C@@H]2C[C@@H]21)OC)N(C)C(=O)C(NC(=O)C(NC)C(C)C)C(C)C. The summed E-state index contributed by atoms with van der Waals surface area (Å²) in [5.41, 5.74) is -0.0869. The number of benzene rings is 1. The van der Waals surface area contributed by atoms with Gasteiger partial charge in [-0.2, -0.15) is 0 Å². The third-order valence-corrected chi connectivity index (χ3v) is 12.3. The summed E-state index contributed by atoms with van der Waals surface area (Å²) in [6.45, 7) is 18.8. The van der Waals surface area contributed by atoms with Crippen molar-refractivity contribution in [1.82, 2.24) is 25.8 Å². The van der Waals surface area contributed by atoms with Gasteiger partial charge in [0.25, 0.3) is 0 Å². The number of fused-ring (bicyclic) bond motifs is 1. The molecule has 1 saturated heterocycles. The average Bonchev–Trinajstić information content (AvgIpc) is 3.81. The Hall–Kier alpha value is -3.26. The zero-order valence-corrected chi connectivity index (χ0v) is 38.1. The van der Waals surface area contributed by atoms with Crippen LogP contribution in [0, 0.1) is 29.6 Å². The molecule has 13 nitrogen and oxygen atoms in total. The predicted octanol–water partition coefficient (Wildman–Crippen LogP) is 5.01. The smallest absolute Gasteiger partial charge is 0.329 e. The van der Waals surface area contributed by atoms with Gasteiger partial charge in [0.05, 0.1) is 42.7 Å². The third kappa shape index (κ3) is 12.4. The minimum absolute atomic E-state index is 0.00624. The van der Waals surface area contributed by atoms with Crippen LogP contribution in [-0.2, 0) is 44.6 Å². The third-order valence-electron chi connectivity index (χ3n) is 12.0. The lowest BCUT2D eigenvalue weighted by molar-refractivity contribution is -0.159. The van der Waals surface area contributed by atoms with Crippen molar-refractivity contribution in [3.63, 3.8) is 0 Å². The van der Waals surface area contributed by atoms with Crippen molar-refractivity contribution in [1.29, 1.82) is 0 Å². The fourth-order valence-corrected chi connectivity index (χ4v) is 8.72. The molecule has 2 fully saturated rings. The van der Waals surface area contributed by atoms with Gasteiger partial charge in [-0.3, -0.25) is 19.2 Å². The topological polar surface area (TPSA) is 156 Å². The summed E-state index contributed by atoms with van der Waals surface area (Å²) in [5.74, 6) is -2.29. The van der Waals surface area contributed by atoms with E-state index in [2.05, 4.69) is 16.0 Å². The predicted molar refractivity (Wildman–Crippen MR) is 226 cm³/mol. The Balaban J connectivity index is 1.84. The number of nitrogens with one attached hydrogen (secondary N) is 3. The summed E-state index contributed by atoms with van der Waals surface area (Å²) in [6, 6.07) is 4.05. The van der Waals surface area contributed by atoms with Crippen LogP contribution in [0.3, 0.4) is 0 Å². The maximum atomic E-state index is 14.5. The molecule has 0 aromatic heterocycles. The molecule has 0 radical (unpaired) electrons. The molecule has 1 saturated carbocycles. The molecule has 11 atom stereocenters. The van der Waals surface area contributed by atoms with Crippen molar-refractivity contribution in [2.75, 3.05) is 28.3 Å². The van der Waals surface area contributed by atoms with E-state index in [0.717, 1.165) is 12.8 Å². The number of methoxy groups -OCH3 is 2. The number of halogens is 1. The molecule has 58 heavy (non-hydrogen) atoms. The molecule has 14 heteroatoms. The molecule has 1 aromatic carbocycles.